The molecule has 12 rings (SSSR count). The maximum Gasteiger partial charge on any atom is 0.213 e. The number of benzene rings is 8. The van der Waals surface area contributed by atoms with Gasteiger partial charge >= 0.3 is 0 Å². The third-order valence-corrected chi connectivity index (χ3v) is 17.3. The molecule has 85 heavy (non-hydrogen) atoms. The highest BCUT2D eigenvalue weighted by Crippen LogP contribution is 2.32. The topological polar surface area (TPSA) is 15.5 Å². The summed E-state index contributed by atoms with van der Waals surface area (Å²) in [5.74, 6) is 0.669. The van der Waals surface area contributed by atoms with Crippen molar-refractivity contribution in [1.82, 2.24) is 0 Å². The fourth-order valence-corrected chi connectivity index (χ4v) is 12.5. The van der Waals surface area contributed by atoms with E-state index in [0.717, 1.165) is 56.7 Å². The van der Waals surface area contributed by atoms with Crippen LogP contribution in [0.5, 0.6) is 0 Å². The van der Waals surface area contributed by atoms with E-state index in [1.807, 2.05) is 65.2 Å². The first-order chi connectivity index (χ1) is 42.9. The van der Waals surface area contributed by atoms with E-state index in [0.29, 0.717) is 17.0 Å². The molecule has 0 saturated heterocycles. The van der Waals surface area contributed by atoms with Crippen LogP contribution in [0.1, 0.15) is 100.0 Å². The molecule has 430 valence electrons. The summed E-state index contributed by atoms with van der Waals surface area (Å²) in [6.45, 7) is 23.8. The Hall–Kier alpha value is -8.60. The molecule has 4 aromatic heterocycles. The van der Waals surface area contributed by atoms with Crippen molar-refractivity contribution in [3.63, 3.8) is 0 Å². The number of nitrogens with zero attached hydrogens (tertiary/aromatic N) is 4. The summed E-state index contributed by atoms with van der Waals surface area (Å²) in [4.78, 5) is 0. The molecule has 0 radical (unpaired) electrons. The van der Waals surface area contributed by atoms with Gasteiger partial charge in [-0.15, -0.1) is 0 Å². The highest BCUT2D eigenvalue weighted by molar-refractivity contribution is 5.86. The normalized spacial score (nSPS) is 12.5. The molecule has 4 nitrogen and oxygen atoms in total. The van der Waals surface area contributed by atoms with E-state index in [-0.39, 0.29) is 0 Å². The van der Waals surface area contributed by atoms with Crippen molar-refractivity contribution in [2.75, 3.05) is 0 Å². The number of aromatic nitrogens is 4. The van der Waals surface area contributed by atoms with Gasteiger partial charge in [-0.1, -0.05) is 115 Å². The van der Waals surface area contributed by atoms with Gasteiger partial charge in [0.2, 0.25) is 44.8 Å². The molecule has 0 saturated carbocycles. The van der Waals surface area contributed by atoms with Gasteiger partial charge in [0, 0.05) is 95.2 Å². The highest BCUT2D eigenvalue weighted by Gasteiger charge is 2.22. The van der Waals surface area contributed by atoms with Gasteiger partial charge in [0.1, 0.15) is 28.2 Å². The molecule has 0 N–H and O–H groups in total. The molecule has 4 heterocycles. The Morgan fingerprint density at radius 2 is 0.776 bits per heavy atom. The maximum atomic E-state index is 7.78. The van der Waals surface area contributed by atoms with Crippen LogP contribution in [0.15, 0.2) is 182 Å². The highest BCUT2D eigenvalue weighted by atomic mass is 15.0. The quantitative estimate of drug-likeness (QED) is 0.148. The van der Waals surface area contributed by atoms with E-state index < -0.39 is 13.7 Å². The lowest BCUT2D eigenvalue weighted by Gasteiger charge is -2.12. The molecule has 0 unspecified atom stereocenters. The largest absolute Gasteiger partial charge is 0.213 e. The Morgan fingerprint density at radius 3 is 1.32 bits per heavy atom. The van der Waals surface area contributed by atoms with Crippen LogP contribution in [-0.4, -0.2) is 0 Å². The van der Waals surface area contributed by atoms with Crippen LogP contribution < -0.4 is 18.3 Å². The van der Waals surface area contributed by atoms with Crippen molar-refractivity contribution in [3.05, 3.63) is 260 Å². The molecule has 8 aromatic carbocycles. The number of aryl methyl sites for hydroxylation is 14. The van der Waals surface area contributed by atoms with Crippen molar-refractivity contribution in [2.24, 2.45) is 34.1 Å². The van der Waals surface area contributed by atoms with Gasteiger partial charge in [0.05, 0.1) is 5.39 Å². The van der Waals surface area contributed by atoms with Crippen LogP contribution in [0.3, 0.4) is 0 Å². The predicted octanol–water partition coefficient (Wildman–Crippen LogP) is 18.5. The van der Waals surface area contributed by atoms with Gasteiger partial charge in [-0.2, -0.15) is 18.3 Å². The molecular weight excluding hydrogens is 1030 g/mol. The monoisotopic (exact) mass is 1120 g/mol. The van der Waals surface area contributed by atoms with Crippen LogP contribution in [0.4, 0.5) is 0 Å². The van der Waals surface area contributed by atoms with E-state index in [1.165, 1.54) is 105 Å². The number of rotatable bonds is 6. The second kappa shape index (κ2) is 25.7. The first-order valence-corrected chi connectivity index (χ1v) is 29.9. The Kier molecular flexibility index (Phi) is 16.1. The Balaban J connectivity index is 0.000000144. The molecule has 0 amide bonds. The smallest absolute Gasteiger partial charge is 0.194 e. The number of fused-ring (bicyclic) bond motifs is 4. The lowest BCUT2D eigenvalue weighted by atomic mass is 9.95. The number of pyridine rings is 4. The van der Waals surface area contributed by atoms with E-state index in [4.69, 9.17) is 8.22 Å². The summed E-state index contributed by atoms with van der Waals surface area (Å²) in [5, 5.41) is 5.10. The third-order valence-electron chi connectivity index (χ3n) is 17.3. The van der Waals surface area contributed by atoms with Crippen LogP contribution in [0.2, 0.25) is 0 Å². The fourth-order valence-electron chi connectivity index (χ4n) is 12.5. The standard InChI is InChI=1S/C23H28N.C21H24N.C19H20N.C18H18N/c1-15(2)12-19-8-7-9-22-20(19)10-11-23(24(22)6)21-14-16(3)13-17(4)18(21)5;1-13-10-15(3)17(5)18(11-13)20-12-16(4)21-14(2)8-7-9-19(21)22(20)6;1-13-11-14(2)15(3)17(12-13)19-10-9-16-7-5-6-8-18(16)20(19)4;1-13-8-10-16(14(2)12-13)18-11-9-15-6-4-5-7-17(15)19(18)3/h7-11,13-15H,12H2,1-6H3;7-12H,1-6H3;5-12H,1-4H3;4-12H,1-3H3/q4*+1/i;;2D3;1D3. The number of hydrogen-bond acceptors (Lipinski definition) is 0. The minimum absolute atomic E-state index is 0.386. The first-order valence-electron chi connectivity index (χ1n) is 32.9. The number of para-hydroxylation sites is 2. The zero-order valence-corrected chi connectivity index (χ0v) is 53.4. The van der Waals surface area contributed by atoms with Crippen LogP contribution in [0.25, 0.3) is 88.6 Å². The SMILES string of the molecule is Cc1cc(C)c(C)c(-c2cc(C)c3c(C)cccc3[n+]2C)c1.Cc1cc(C)c(C)c(-c2ccc3c(CC(C)C)cccc3[n+]2C)c1.[2H]C([2H])([2H])c1cc(C)cc(-c2ccc3ccccc3[n+]2C)c1C.[2H]C([2H])([2H])c1ccc(-c2ccc3ccccc3[n+]2C)c(C)c1. The van der Waals surface area contributed by atoms with Crippen LogP contribution >= 0.6 is 0 Å². The Morgan fingerprint density at radius 1 is 0.329 bits per heavy atom. The molecular formula is C81H90N4+4. The van der Waals surface area contributed by atoms with Gasteiger partial charge < -0.3 is 0 Å². The molecule has 0 spiro atoms. The predicted molar refractivity (Wildman–Crippen MR) is 362 cm³/mol. The Bertz CT molecular complexity index is 4740. The molecule has 0 fully saturated rings. The van der Waals surface area contributed by atoms with Gasteiger partial charge in [0.25, 0.3) is 0 Å². The zero-order valence-electron chi connectivity index (χ0n) is 59.4. The van der Waals surface area contributed by atoms with Crippen LogP contribution in [-0.2, 0) is 34.6 Å². The van der Waals surface area contributed by atoms with E-state index in [1.54, 1.807) is 18.2 Å². The second-order valence-electron chi connectivity index (χ2n) is 24.2. The minimum Gasteiger partial charge on any atom is -0.194 e. The average molecular weight is 1130 g/mol. The molecule has 0 aliphatic heterocycles. The van der Waals surface area contributed by atoms with Crippen molar-refractivity contribution >= 4 is 43.6 Å². The van der Waals surface area contributed by atoms with Gasteiger partial charge in [-0.05, 0) is 212 Å². The first kappa shape index (κ1) is 53.1. The summed E-state index contributed by atoms with van der Waals surface area (Å²) in [6, 6.07) is 63.3. The number of hydrogen-bond donors (Lipinski definition) is 0. The molecule has 12 aromatic rings. The second-order valence-corrected chi connectivity index (χ2v) is 24.2. The van der Waals surface area contributed by atoms with Gasteiger partial charge in [-0.25, -0.2) is 0 Å². The van der Waals surface area contributed by atoms with Crippen molar-refractivity contribution in [1.29, 1.82) is 0 Å². The van der Waals surface area contributed by atoms with Crippen molar-refractivity contribution in [3.8, 4) is 45.0 Å². The molecule has 0 aliphatic carbocycles. The molecule has 0 bridgehead atoms. The zero-order chi connectivity index (χ0) is 66.1. The third kappa shape index (κ3) is 12.9. The summed E-state index contributed by atoms with van der Waals surface area (Å²) >= 11 is 0. The van der Waals surface area contributed by atoms with Gasteiger partial charge in [-0.3, -0.25) is 0 Å². The van der Waals surface area contributed by atoms with Crippen molar-refractivity contribution in [2.45, 2.75) is 110 Å². The molecule has 4 heteroatoms. The average Bonchev–Trinajstić information content (AvgIpc) is 0.817. The minimum atomic E-state index is -2.10. The Labute approximate surface area is 516 Å². The van der Waals surface area contributed by atoms with E-state index in [2.05, 4.69) is 235 Å². The van der Waals surface area contributed by atoms with E-state index in [9.17, 15) is 0 Å². The molecule has 0 aliphatic rings. The maximum absolute atomic E-state index is 7.78. The summed E-state index contributed by atoms with van der Waals surface area (Å²) in [7, 11) is 8.42. The summed E-state index contributed by atoms with van der Waals surface area (Å²) in [6.07, 6.45) is 1.12. The van der Waals surface area contributed by atoms with Crippen molar-refractivity contribution < 1.29 is 26.5 Å². The summed E-state index contributed by atoms with van der Waals surface area (Å²) in [5.41, 5.74) is 30.1. The fraction of sp³-hybridized carbons (Fsp3) is 0.259. The lowest BCUT2D eigenvalue weighted by molar-refractivity contribution is -0.633. The molecule has 0 atom stereocenters. The lowest BCUT2D eigenvalue weighted by Crippen LogP contribution is -2.32. The van der Waals surface area contributed by atoms with Gasteiger partial charge in [0.15, 0.2) is 0 Å². The van der Waals surface area contributed by atoms with E-state index >= 15 is 0 Å². The van der Waals surface area contributed by atoms with Crippen LogP contribution in [0, 0.1) is 95.8 Å². The summed E-state index contributed by atoms with van der Waals surface area (Å²) < 4.78 is 54.9.